The SMILES string of the molecule is CCc1ccc(Oc2ccnc(C(F)(F)F)c2)cc1C#N. The average molecular weight is 292 g/mol. The Morgan fingerprint density at radius 1 is 1.19 bits per heavy atom. The second kappa shape index (κ2) is 5.83. The zero-order valence-electron chi connectivity index (χ0n) is 11.1. The molecule has 0 aliphatic heterocycles. The van der Waals surface area contributed by atoms with Gasteiger partial charge in [-0.2, -0.15) is 18.4 Å². The highest BCUT2D eigenvalue weighted by Crippen LogP contribution is 2.31. The lowest BCUT2D eigenvalue weighted by Crippen LogP contribution is -2.07. The summed E-state index contributed by atoms with van der Waals surface area (Å²) in [6.45, 7) is 1.91. The topological polar surface area (TPSA) is 45.9 Å². The third-order valence-electron chi connectivity index (χ3n) is 2.84. The van der Waals surface area contributed by atoms with Gasteiger partial charge in [0, 0.05) is 12.3 Å². The first-order valence-corrected chi connectivity index (χ1v) is 6.18. The molecule has 2 aromatic rings. The number of halogens is 3. The highest BCUT2D eigenvalue weighted by Gasteiger charge is 2.32. The maximum Gasteiger partial charge on any atom is 0.433 e. The van der Waals surface area contributed by atoms with E-state index in [0.717, 1.165) is 17.8 Å². The minimum absolute atomic E-state index is 0.0189. The van der Waals surface area contributed by atoms with Crippen molar-refractivity contribution in [2.24, 2.45) is 0 Å². The van der Waals surface area contributed by atoms with Crippen molar-refractivity contribution >= 4 is 0 Å². The van der Waals surface area contributed by atoms with E-state index in [2.05, 4.69) is 4.98 Å². The second-order valence-corrected chi connectivity index (χ2v) is 4.26. The monoisotopic (exact) mass is 292 g/mol. The van der Waals surface area contributed by atoms with Crippen molar-refractivity contribution in [3.05, 3.63) is 53.3 Å². The molecule has 0 spiro atoms. The molecule has 0 atom stereocenters. The maximum absolute atomic E-state index is 12.6. The summed E-state index contributed by atoms with van der Waals surface area (Å²) in [5, 5.41) is 9.03. The Bertz CT molecular complexity index is 690. The minimum Gasteiger partial charge on any atom is -0.457 e. The summed E-state index contributed by atoms with van der Waals surface area (Å²) >= 11 is 0. The van der Waals surface area contributed by atoms with E-state index in [1.54, 1.807) is 12.1 Å². The van der Waals surface area contributed by atoms with Crippen LogP contribution in [-0.2, 0) is 12.6 Å². The first kappa shape index (κ1) is 14.9. The summed E-state index contributed by atoms with van der Waals surface area (Å²) in [5.74, 6) is 0.327. The Balaban J connectivity index is 2.29. The van der Waals surface area contributed by atoms with Crippen LogP contribution in [0.1, 0.15) is 23.7 Å². The number of aromatic nitrogens is 1. The molecule has 0 fully saturated rings. The van der Waals surface area contributed by atoms with Gasteiger partial charge in [0.15, 0.2) is 0 Å². The number of nitrogens with zero attached hydrogens (tertiary/aromatic N) is 2. The molecule has 0 radical (unpaired) electrons. The van der Waals surface area contributed by atoms with E-state index in [1.807, 2.05) is 13.0 Å². The lowest BCUT2D eigenvalue weighted by atomic mass is 10.1. The maximum atomic E-state index is 12.6. The van der Waals surface area contributed by atoms with E-state index in [1.165, 1.54) is 12.1 Å². The standard InChI is InChI=1S/C15H11F3N2O/c1-2-10-3-4-12(7-11(10)9-19)21-13-5-6-20-14(8-13)15(16,17)18/h3-8H,2H2,1H3. The summed E-state index contributed by atoms with van der Waals surface area (Å²) in [4.78, 5) is 3.26. The average Bonchev–Trinajstić information content (AvgIpc) is 2.46. The molecule has 0 aliphatic carbocycles. The smallest absolute Gasteiger partial charge is 0.433 e. The van der Waals surface area contributed by atoms with Crippen molar-refractivity contribution in [1.29, 1.82) is 5.26 Å². The van der Waals surface area contributed by atoms with Crippen LogP contribution in [-0.4, -0.2) is 4.98 Å². The first-order valence-electron chi connectivity index (χ1n) is 6.18. The van der Waals surface area contributed by atoms with Crippen LogP contribution in [0.2, 0.25) is 0 Å². The number of aryl methyl sites for hydroxylation is 1. The quantitative estimate of drug-likeness (QED) is 0.846. The fourth-order valence-electron chi connectivity index (χ4n) is 1.80. The van der Waals surface area contributed by atoms with E-state index in [9.17, 15) is 13.2 Å². The Labute approximate surface area is 119 Å². The van der Waals surface area contributed by atoms with E-state index in [-0.39, 0.29) is 5.75 Å². The lowest BCUT2D eigenvalue weighted by Gasteiger charge is -2.10. The van der Waals surface area contributed by atoms with Gasteiger partial charge in [-0.1, -0.05) is 13.0 Å². The van der Waals surface area contributed by atoms with Crippen LogP contribution in [0, 0.1) is 11.3 Å². The molecule has 1 aromatic carbocycles. The summed E-state index contributed by atoms with van der Waals surface area (Å²) < 4.78 is 43.1. The van der Waals surface area contributed by atoms with Crippen molar-refractivity contribution in [2.45, 2.75) is 19.5 Å². The lowest BCUT2D eigenvalue weighted by molar-refractivity contribution is -0.141. The molecule has 2 rings (SSSR count). The molecule has 0 saturated carbocycles. The molecule has 0 aliphatic rings. The van der Waals surface area contributed by atoms with Gasteiger partial charge in [0.1, 0.15) is 17.2 Å². The third kappa shape index (κ3) is 3.51. The van der Waals surface area contributed by atoms with Crippen molar-refractivity contribution in [1.82, 2.24) is 4.98 Å². The minimum atomic E-state index is -4.52. The van der Waals surface area contributed by atoms with E-state index in [0.29, 0.717) is 17.7 Å². The molecule has 0 N–H and O–H groups in total. The number of hydrogen-bond donors (Lipinski definition) is 0. The van der Waals surface area contributed by atoms with E-state index < -0.39 is 11.9 Å². The molecule has 1 heterocycles. The third-order valence-corrected chi connectivity index (χ3v) is 2.84. The number of ether oxygens (including phenoxy) is 1. The number of alkyl halides is 3. The van der Waals surface area contributed by atoms with Crippen LogP contribution >= 0.6 is 0 Å². The Hall–Kier alpha value is -2.55. The van der Waals surface area contributed by atoms with Gasteiger partial charge in [0.05, 0.1) is 11.6 Å². The number of hydrogen-bond acceptors (Lipinski definition) is 3. The van der Waals surface area contributed by atoms with Gasteiger partial charge in [-0.3, -0.25) is 4.98 Å². The number of pyridine rings is 1. The molecule has 21 heavy (non-hydrogen) atoms. The summed E-state index contributed by atoms with van der Waals surface area (Å²) in [5.41, 5.74) is 0.279. The van der Waals surface area contributed by atoms with Gasteiger partial charge in [0.25, 0.3) is 0 Å². The molecule has 0 unspecified atom stereocenters. The van der Waals surface area contributed by atoms with Gasteiger partial charge in [-0.05, 0) is 30.2 Å². The van der Waals surface area contributed by atoms with Gasteiger partial charge < -0.3 is 4.74 Å². The summed E-state index contributed by atoms with van der Waals surface area (Å²) in [6.07, 6.45) is -2.80. The molecule has 0 amide bonds. The Morgan fingerprint density at radius 2 is 1.90 bits per heavy atom. The molecule has 1 aromatic heterocycles. The van der Waals surface area contributed by atoms with Crippen LogP contribution in [0.4, 0.5) is 13.2 Å². The van der Waals surface area contributed by atoms with Crippen LogP contribution in [0.5, 0.6) is 11.5 Å². The highest BCUT2D eigenvalue weighted by molar-refractivity contribution is 5.44. The summed E-state index contributed by atoms with van der Waals surface area (Å²) in [6, 6.07) is 9.03. The van der Waals surface area contributed by atoms with Crippen molar-refractivity contribution in [2.75, 3.05) is 0 Å². The van der Waals surface area contributed by atoms with Gasteiger partial charge in [-0.15, -0.1) is 0 Å². The largest absolute Gasteiger partial charge is 0.457 e. The molecular weight excluding hydrogens is 281 g/mol. The van der Waals surface area contributed by atoms with E-state index >= 15 is 0 Å². The van der Waals surface area contributed by atoms with Gasteiger partial charge in [-0.25, -0.2) is 0 Å². The fraction of sp³-hybridized carbons (Fsp3) is 0.200. The predicted molar refractivity (Wildman–Crippen MR) is 69.8 cm³/mol. The fourth-order valence-corrected chi connectivity index (χ4v) is 1.80. The number of nitriles is 1. The van der Waals surface area contributed by atoms with Gasteiger partial charge >= 0.3 is 6.18 Å². The molecule has 3 nitrogen and oxygen atoms in total. The predicted octanol–water partition coefficient (Wildman–Crippen LogP) is 4.33. The second-order valence-electron chi connectivity index (χ2n) is 4.26. The Morgan fingerprint density at radius 3 is 2.52 bits per heavy atom. The number of rotatable bonds is 3. The first-order chi connectivity index (χ1) is 9.94. The van der Waals surface area contributed by atoms with Gasteiger partial charge in [0.2, 0.25) is 0 Å². The zero-order chi connectivity index (χ0) is 15.5. The van der Waals surface area contributed by atoms with E-state index in [4.69, 9.17) is 10.00 Å². The van der Waals surface area contributed by atoms with Crippen molar-refractivity contribution in [3.8, 4) is 17.6 Å². The molecule has 108 valence electrons. The van der Waals surface area contributed by atoms with Crippen LogP contribution in [0.25, 0.3) is 0 Å². The highest BCUT2D eigenvalue weighted by atomic mass is 19.4. The molecule has 0 saturated heterocycles. The van der Waals surface area contributed by atoms with Crippen LogP contribution < -0.4 is 4.74 Å². The molecule has 6 heteroatoms. The van der Waals surface area contributed by atoms with Crippen molar-refractivity contribution in [3.63, 3.8) is 0 Å². The normalized spacial score (nSPS) is 11.0. The summed E-state index contributed by atoms with van der Waals surface area (Å²) in [7, 11) is 0. The zero-order valence-corrected chi connectivity index (χ0v) is 11.1. The van der Waals surface area contributed by atoms with Crippen LogP contribution in [0.3, 0.4) is 0 Å². The number of benzene rings is 1. The van der Waals surface area contributed by atoms with Crippen molar-refractivity contribution < 1.29 is 17.9 Å². The molecule has 0 bridgehead atoms. The van der Waals surface area contributed by atoms with Crippen LogP contribution in [0.15, 0.2) is 36.5 Å². The Kier molecular flexibility index (Phi) is 4.13. The molecular formula is C15H11F3N2O.